The van der Waals surface area contributed by atoms with E-state index in [0.29, 0.717) is 6.42 Å². The first kappa shape index (κ1) is 10.7. The molecule has 1 fully saturated rings. The van der Waals surface area contributed by atoms with Gasteiger partial charge in [0.15, 0.2) is 0 Å². The number of hydrogen-bond donors (Lipinski definition) is 1. The lowest BCUT2D eigenvalue weighted by molar-refractivity contribution is -0.158. The van der Waals surface area contributed by atoms with Gasteiger partial charge in [0.1, 0.15) is 0 Å². The van der Waals surface area contributed by atoms with E-state index in [0.717, 1.165) is 25.7 Å². The van der Waals surface area contributed by atoms with Gasteiger partial charge in [0.25, 0.3) is 0 Å². The van der Waals surface area contributed by atoms with Gasteiger partial charge in [-0.3, -0.25) is 4.79 Å². The number of aliphatic hydroxyl groups is 1. The molecule has 0 aliphatic heterocycles. The van der Waals surface area contributed by atoms with Gasteiger partial charge in [-0.2, -0.15) is 0 Å². The van der Waals surface area contributed by atoms with Gasteiger partial charge in [-0.15, -0.1) is 0 Å². The van der Waals surface area contributed by atoms with Crippen LogP contribution < -0.4 is 0 Å². The summed E-state index contributed by atoms with van der Waals surface area (Å²) in [4.78, 5) is 11.8. The molecule has 84 valence electrons. The lowest BCUT2D eigenvalue weighted by Gasteiger charge is -2.44. The molecule has 2 bridgehead atoms. The maximum absolute atomic E-state index is 11.8. The Morgan fingerprint density at radius 1 is 1.60 bits per heavy atom. The smallest absolute Gasteiger partial charge is 0.312 e. The predicted molar refractivity (Wildman–Crippen MR) is 56.2 cm³/mol. The van der Waals surface area contributed by atoms with Crippen molar-refractivity contribution in [1.82, 2.24) is 0 Å². The van der Waals surface area contributed by atoms with E-state index in [4.69, 9.17) is 4.74 Å². The predicted octanol–water partition coefficient (Wildman–Crippen LogP) is 1.80. The topological polar surface area (TPSA) is 46.5 Å². The monoisotopic (exact) mass is 210 g/mol. The molecule has 1 unspecified atom stereocenters. The molecule has 2 aliphatic rings. The summed E-state index contributed by atoms with van der Waals surface area (Å²) in [7, 11) is 1.43. The summed E-state index contributed by atoms with van der Waals surface area (Å²) in [6, 6.07) is 0. The maximum Gasteiger partial charge on any atom is 0.312 e. The minimum absolute atomic E-state index is 0.159. The summed E-state index contributed by atoms with van der Waals surface area (Å²) in [5, 5.41) is 10.1. The lowest BCUT2D eigenvalue weighted by atomic mass is 9.62. The van der Waals surface area contributed by atoms with Crippen molar-refractivity contribution >= 4 is 5.97 Å². The third-order valence-corrected chi connectivity index (χ3v) is 3.55. The highest BCUT2D eigenvalue weighted by Gasteiger charge is 2.48. The van der Waals surface area contributed by atoms with Crippen LogP contribution in [0.2, 0.25) is 0 Å². The molecule has 0 radical (unpaired) electrons. The van der Waals surface area contributed by atoms with Crippen LogP contribution in [0.1, 0.15) is 39.0 Å². The summed E-state index contributed by atoms with van der Waals surface area (Å²) in [5.74, 6) is -0.159. The first-order chi connectivity index (χ1) is 6.97. The fraction of sp³-hybridized carbons (Fsp3) is 0.750. The largest absolute Gasteiger partial charge is 0.469 e. The van der Waals surface area contributed by atoms with E-state index in [1.54, 1.807) is 6.92 Å². The Morgan fingerprint density at radius 2 is 2.33 bits per heavy atom. The summed E-state index contributed by atoms with van der Waals surface area (Å²) in [5.41, 5.74) is -0.0918. The van der Waals surface area contributed by atoms with Gasteiger partial charge >= 0.3 is 5.97 Å². The number of carbonyl (C=O) groups excluding carboxylic acids is 1. The van der Waals surface area contributed by atoms with Crippen LogP contribution in [0.5, 0.6) is 0 Å². The van der Waals surface area contributed by atoms with E-state index in [1.165, 1.54) is 12.7 Å². The minimum Gasteiger partial charge on any atom is -0.469 e. The second-order valence-corrected chi connectivity index (χ2v) is 5.14. The van der Waals surface area contributed by atoms with E-state index >= 15 is 0 Å². The highest BCUT2D eigenvalue weighted by Crippen LogP contribution is 2.49. The third-order valence-electron chi connectivity index (χ3n) is 3.55. The highest BCUT2D eigenvalue weighted by atomic mass is 16.5. The average molecular weight is 210 g/mol. The summed E-state index contributed by atoms with van der Waals surface area (Å²) in [6.07, 6.45) is 6.07. The van der Waals surface area contributed by atoms with E-state index < -0.39 is 11.0 Å². The van der Waals surface area contributed by atoms with Gasteiger partial charge in [-0.25, -0.2) is 0 Å². The molecule has 15 heavy (non-hydrogen) atoms. The van der Waals surface area contributed by atoms with Crippen molar-refractivity contribution in [3.05, 3.63) is 11.6 Å². The van der Waals surface area contributed by atoms with E-state index in [2.05, 4.69) is 0 Å². The van der Waals surface area contributed by atoms with E-state index in [1.807, 2.05) is 6.08 Å². The van der Waals surface area contributed by atoms with Crippen molar-refractivity contribution in [2.75, 3.05) is 7.11 Å². The number of carbonyl (C=O) groups is 1. The Kier molecular flexibility index (Phi) is 2.38. The number of rotatable bonds is 1. The summed E-state index contributed by atoms with van der Waals surface area (Å²) < 4.78 is 4.88. The van der Waals surface area contributed by atoms with Crippen molar-refractivity contribution in [2.45, 2.75) is 44.6 Å². The molecular weight excluding hydrogens is 192 g/mol. The van der Waals surface area contributed by atoms with Crippen LogP contribution in [0.25, 0.3) is 0 Å². The van der Waals surface area contributed by atoms with Crippen molar-refractivity contribution in [1.29, 1.82) is 0 Å². The van der Waals surface area contributed by atoms with Gasteiger partial charge < -0.3 is 9.84 Å². The van der Waals surface area contributed by atoms with Crippen molar-refractivity contribution in [2.24, 2.45) is 5.41 Å². The number of ether oxygens (including phenoxy) is 1. The molecule has 2 rings (SSSR count). The van der Waals surface area contributed by atoms with Gasteiger partial charge in [-0.1, -0.05) is 11.6 Å². The van der Waals surface area contributed by atoms with Crippen LogP contribution in [0.3, 0.4) is 0 Å². The van der Waals surface area contributed by atoms with Gasteiger partial charge in [0.05, 0.1) is 18.1 Å². The Bertz CT molecular complexity index is 317. The molecule has 1 saturated carbocycles. The Balaban J connectivity index is 2.34. The quantitative estimate of drug-likeness (QED) is 0.530. The van der Waals surface area contributed by atoms with E-state index in [-0.39, 0.29) is 5.97 Å². The van der Waals surface area contributed by atoms with Crippen LogP contribution >= 0.6 is 0 Å². The molecule has 3 nitrogen and oxygen atoms in total. The first-order valence-corrected chi connectivity index (χ1v) is 5.49. The van der Waals surface area contributed by atoms with Crippen LogP contribution in [0.15, 0.2) is 11.6 Å². The van der Waals surface area contributed by atoms with E-state index in [9.17, 15) is 9.90 Å². The molecule has 0 amide bonds. The molecule has 2 atom stereocenters. The number of fused-ring (bicyclic) bond motifs is 2. The van der Waals surface area contributed by atoms with Crippen LogP contribution in [0, 0.1) is 5.41 Å². The molecule has 1 N–H and O–H groups in total. The lowest BCUT2D eigenvalue weighted by Crippen LogP contribution is -2.45. The molecule has 0 spiro atoms. The van der Waals surface area contributed by atoms with Crippen LogP contribution in [-0.4, -0.2) is 23.8 Å². The van der Waals surface area contributed by atoms with Crippen molar-refractivity contribution in [3.8, 4) is 0 Å². The average Bonchev–Trinajstić information content (AvgIpc) is 2.14. The fourth-order valence-corrected chi connectivity index (χ4v) is 3.18. The van der Waals surface area contributed by atoms with Gasteiger partial charge in [0, 0.05) is 0 Å². The van der Waals surface area contributed by atoms with Crippen molar-refractivity contribution in [3.63, 3.8) is 0 Å². The fourth-order valence-electron chi connectivity index (χ4n) is 3.18. The molecule has 0 aromatic heterocycles. The third kappa shape index (κ3) is 1.81. The summed E-state index contributed by atoms with van der Waals surface area (Å²) >= 11 is 0. The zero-order valence-electron chi connectivity index (χ0n) is 9.38. The number of hydrogen-bond acceptors (Lipinski definition) is 3. The summed E-state index contributed by atoms with van der Waals surface area (Å²) in [6.45, 7) is 1.77. The normalized spacial score (nSPS) is 39.5. The molecule has 0 aromatic carbocycles. The zero-order chi connectivity index (χ0) is 11.1. The Labute approximate surface area is 90.1 Å². The minimum atomic E-state index is -0.845. The van der Waals surface area contributed by atoms with Crippen molar-refractivity contribution < 1.29 is 14.6 Å². The van der Waals surface area contributed by atoms with Crippen LogP contribution in [-0.2, 0) is 9.53 Å². The molecule has 0 aromatic rings. The van der Waals surface area contributed by atoms with Gasteiger partial charge in [0.2, 0.25) is 0 Å². The highest BCUT2D eigenvalue weighted by molar-refractivity contribution is 5.78. The second-order valence-electron chi connectivity index (χ2n) is 5.14. The maximum atomic E-state index is 11.8. The number of methoxy groups -OCH3 is 1. The SMILES string of the molecule is COC(=O)C12CCCC(=C[C@](C)(O)C1)C2. The Morgan fingerprint density at radius 3 is 3.00 bits per heavy atom. The standard InChI is InChI=1S/C12H18O3/c1-11(14)6-9-4-3-5-12(7-9,8-11)10(13)15-2/h6,14H,3-5,7-8H2,1-2H3/t11-,12?/m0/s1. The number of allylic oxidation sites excluding steroid dienone is 1. The molecular formula is C12H18O3. The molecule has 2 aliphatic carbocycles. The molecule has 0 heterocycles. The Hall–Kier alpha value is -0.830. The molecule has 0 saturated heterocycles. The second kappa shape index (κ2) is 3.34. The van der Waals surface area contributed by atoms with Crippen LogP contribution in [0.4, 0.5) is 0 Å². The zero-order valence-corrected chi connectivity index (χ0v) is 9.38. The first-order valence-electron chi connectivity index (χ1n) is 5.49. The molecule has 3 heteroatoms. The number of esters is 1. The van der Waals surface area contributed by atoms with Gasteiger partial charge in [-0.05, 0) is 39.0 Å².